The number of aromatic nitrogens is 3. The maximum Gasteiger partial charge on any atom is 0.224 e. The first-order valence-corrected chi connectivity index (χ1v) is 5.88. The molecule has 94 valence electrons. The molecule has 2 N–H and O–H groups in total. The summed E-state index contributed by atoms with van der Waals surface area (Å²) < 4.78 is 0. The highest BCUT2D eigenvalue weighted by Gasteiger charge is 2.08. The van der Waals surface area contributed by atoms with Crippen LogP contribution >= 0.6 is 0 Å². The van der Waals surface area contributed by atoms with Gasteiger partial charge in [-0.25, -0.2) is 4.98 Å². The molecule has 1 unspecified atom stereocenters. The highest BCUT2D eigenvalue weighted by Crippen LogP contribution is 2.20. The van der Waals surface area contributed by atoms with Crippen molar-refractivity contribution in [1.29, 1.82) is 0 Å². The Bertz CT molecular complexity index is 512. The van der Waals surface area contributed by atoms with Crippen LogP contribution in [0.2, 0.25) is 0 Å². The molecular weight excluding hydrogens is 226 g/mol. The predicted molar refractivity (Wildman–Crippen MR) is 72.6 cm³/mol. The molecule has 5 heteroatoms. The Morgan fingerprint density at radius 2 is 1.94 bits per heavy atom. The molecule has 0 saturated carbocycles. The highest BCUT2D eigenvalue weighted by molar-refractivity contribution is 5.47. The van der Waals surface area contributed by atoms with Crippen LogP contribution in [0.4, 0.5) is 11.8 Å². The Hall–Kier alpha value is -2.17. The van der Waals surface area contributed by atoms with Crippen LogP contribution in [0.3, 0.4) is 0 Å². The summed E-state index contributed by atoms with van der Waals surface area (Å²) in [5, 5.41) is 6.32. The van der Waals surface area contributed by atoms with E-state index in [9.17, 15) is 0 Å². The van der Waals surface area contributed by atoms with Crippen molar-refractivity contribution in [2.75, 3.05) is 17.7 Å². The van der Waals surface area contributed by atoms with Crippen molar-refractivity contribution >= 4 is 11.8 Å². The van der Waals surface area contributed by atoms with Crippen LogP contribution in [-0.4, -0.2) is 22.0 Å². The predicted octanol–water partition coefficient (Wildman–Crippen LogP) is 2.39. The zero-order chi connectivity index (χ0) is 13.0. The normalized spacial score (nSPS) is 11.9. The van der Waals surface area contributed by atoms with E-state index >= 15 is 0 Å². The first-order valence-electron chi connectivity index (χ1n) is 5.88. The van der Waals surface area contributed by atoms with E-state index in [0.29, 0.717) is 5.95 Å². The van der Waals surface area contributed by atoms with Gasteiger partial charge in [0.05, 0.1) is 6.04 Å². The van der Waals surface area contributed by atoms with E-state index in [1.54, 1.807) is 25.6 Å². The molecule has 0 spiro atoms. The standard InChI is InChI=1S/C13H17N5/c1-9-8-16-13(14-3)18-12(9)17-10(2)11-4-6-15-7-5-11/h4-8,10H,1-3H3,(H2,14,16,17,18). The summed E-state index contributed by atoms with van der Waals surface area (Å²) >= 11 is 0. The Morgan fingerprint density at radius 1 is 1.22 bits per heavy atom. The Morgan fingerprint density at radius 3 is 2.61 bits per heavy atom. The van der Waals surface area contributed by atoms with E-state index in [1.165, 1.54) is 5.56 Å². The largest absolute Gasteiger partial charge is 0.363 e. The average molecular weight is 243 g/mol. The number of nitrogens with zero attached hydrogens (tertiary/aromatic N) is 3. The van der Waals surface area contributed by atoms with Gasteiger partial charge in [0, 0.05) is 31.2 Å². The van der Waals surface area contributed by atoms with Crippen LogP contribution in [0.5, 0.6) is 0 Å². The minimum Gasteiger partial charge on any atom is -0.363 e. The fourth-order valence-electron chi connectivity index (χ4n) is 1.65. The topological polar surface area (TPSA) is 62.7 Å². The average Bonchev–Trinajstić information content (AvgIpc) is 2.42. The molecule has 0 bridgehead atoms. The van der Waals surface area contributed by atoms with Crippen molar-refractivity contribution in [3.8, 4) is 0 Å². The third-order valence-electron chi connectivity index (χ3n) is 2.75. The third-order valence-corrected chi connectivity index (χ3v) is 2.75. The molecule has 0 aromatic carbocycles. The lowest BCUT2D eigenvalue weighted by Crippen LogP contribution is -2.10. The smallest absolute Gasteiger partial charge is 0.224 e. The van der Waals surface area contributed by atoms with Gasteiger partial charge in [0.15, 0.2) is 0 Å². The number of aryl methyl sites for hydroxylation is 1. The van der Waals surface area contributed by atoms with Gasteiger partial charge in [0.2, 0.25) is 5.95 Å². The third kappa shape index (κ3) is 2.74. The molecule has 0 fully saturated rings. The van der Waals surface area contributed by atoms with E-state index in [0.717, 1.165) is 11.4 Å². The van der Waals surface area contributed by atoms with Crippen molar-refractivity contribution in [1.82, 2.24) is 15.0 Å². The number of hydrogen-bond donors (Lipinski definition) is 2. The second-order valence-corrected chi connectivity index (χ2v) is 4.12. The lowest BCUT2D eigenvalue weighted by molar-refractivity contribution is 0.865. The van der Waals surface area contributed by atoms with Gasteiger partial charge in [-0.05, 0) is 31.5 Å². The van der Waals surface area contributed by atoms with E-state index in [-0.39, 0.29) is 6.04 Å². The molecule has 2 rings (SSSR count). The second-order valence-electron chi connectivity index (χ2n) is 4.12. The summed E-state index contributed by atoms with van der Waals surface area (Å²) in [6, 6.07) is 4.16. The van der Waals surface area contributed by atoms with Gasteiger partial charge >= 0.3 is 0 Å². The van der Waals surface area contributed by atoms with Gasteiger partial charge in [-0.15, -0.1) is 0 Å². The van der Waals surface area contributed by atoms with Crippen molar-refractivity contribution in [2.45, 2.75) is 19.9 Å². The molecule has 0 saturated heterocycles. The first-order chi connectivity index (χ1) is 8.70. The molecule has 0 aliphatic carbocycles. The number of rotatable bonds is 4. The summed E-state index contributed by atoms with van der Waals surface area (Å²) in [6.07, 6.45) is 5.39. The number of anilines is 2. The molecule has 18 heavy (non-hydrogen) atoms. The Kier molecular flexibility index (Phi) is 3.72. The fraction of sp³-hybridized carbons (Fsp3) is 0.308. The molecule has 5 nitrogen and oxygen atoms in total. The number of hydrogen-bond acceptors (Lipinski definition) is 5. The zero-order valence-corrected chi connectivity index (χ0v) is 10.8. The molecule has 0 amide bonds. The van der Waals surface area contributed by atoms with E-state index in [1.807, 2.05) is 19.1 Å². The second kappa shape index (κ2) is 5.44. The van der Waals surface area contributed by atoms with Gasteiger partial charge in [0.25, 0.3) is 0 Å². The highest BCUT2D eigenvalue weighted by atomic mass is 15.1. The monoisotopic (exact) mass is 243 g/mol. The minimum atomic E-state index is 0.173. The van der Waals surface area contributed by atoms with Crippen LogP contribution < -0.4 is 10.6 Å². The molecule has 2 aromatic heterocycles. The van der Waals surface area contributed by atoms with Gasteiger partial charge in [0.1, 0.15) is 5.82 Å². The van der Waals surface area contributed by atoms with Crippen LogP contribution in [0.15, 0.2) is 30.7 Å². The molecule has 2 aromatic rings. The van der Waals surface area contributed by atoms with Crippen molar-refractivity contribution in [2.24, 2.45) is 0 Å². The quantitative estimate of drug-likeness (QED) is 0.863. The summed E-state index contributed by atoms with van der Waals surface area (Å²) in [5.41, 5.74) is 2.20. The number of pyridine rings is 1. The molecule has 0 radical (unpaired) electrons. The lowest BCUT2D eigenvalue weighted by Gasteiger charge is -2.16. The lowest BCUT2D eigenvalue weighted by atomic mass is 10.1. The van der Waals surface area contributed by atoms with Crippen LogP contribution in [-0.2, 0) is 0 Å². The Balaban J connectivity index is 2.18. The molecule has 0 aliphatic heterocycles. The molecular formula is C13H17N5. The van der Waals surface area contributed by atoms with Gasteiger partial charge < -0.3 is 10.6 Å². The van der Waals surface area contributed by atoms with E-state index in [4.69, 9.17) is 0 Å². The fourth-order valence-corrected chi connectivity index (χ4v) is 1.65. The van der Waals surface area contributed by atoms with E-state index in [2.05, 4.69) is 32.5 Å². The van der Waals surface area contributed by atoms with E-state index < -0.39 is 0 Å². The van der Waals surface area contributed by atoms with Gasteiger partial charge in [-0.2, -0.15) is 4.98 Å². The SMILES string of the molecule is CNc1ncc(C)c(NC(C)c2ccncc2)n1. The van der Waals surface area contributed by atoms with Crippen LogP contribution in [0, 0.1) is 6.92 Å². The first kappa shape index (κ1) is 12.3. The van der Waals surface area contributed by atoms with Crippen LogP contribution in [0.1, 0.15) is 24.1 Å². The van der Waals surface area contributed by atoms with Crippen LogP contribution in [0.25, 0.3) is 0 Å². The molecule has 0 aliphatic rings. The van der Waals surface area contributed by atoms with Crippen molar-refractivity contribution < 1.29 is 0 Å². The summed E-state index contributed by atoms with van der Waals surface area (Å²) in [5.74, 6) is 1.46. The molecule has 2 heterocycles. The Labute approximate surface area is 107 Å². The number of nitrogens with one attached hydrogen (secondary N) is 2. The summed E-state index contributed by atoms with van der Waals surface area (Å²) in [6.45, 7) is 4.08. The zero-order valence-electron chi connectivity index (χ0n) is 10.8. The summed E-state index contributed by atoms with van der Waals surface area (Å²) in [4.78, 5) is 12.6. The van der Waals surface area contributed by atoms with Crippen molar-refractivity contribution in [3.05, 3.63) is 41.9 Å². The molecule has 1 atom stereocenters. The minimum absolute atomic E-state index is 0.173. The maximum absolute atomic E-state index is 4.41. The maximum atomic E-state index is 4.41. The van der Waals surface area contributed by atoms with Gasteiger partial charge in [-0.1, -0.05) is 0 Å². The van der Waals surface area contributed by atoms with Crippen molar-refractivity contribution in [3.63, 3.8) is 0 Å². The summed E-state index contributed by atoms with van der Waals surface area (Å²) in [7, 11) is 1.81. The van der Waals surface area contributed by atoms with Gasteiger partial charge in [-0.3, -0.25) is 4.98 Å².